The lowest BCUT2D eigenvalue weighted by Gasteiger charge is -2.14. The van der Waals surface area contributed by atoms with E-state index in [1.807, 2.05) is 21.0 Å². The summed E-state index contributed by atoms with van der Waals surface area (Å²) in [4.78, 5) is 18.1. The zero-order valence-electron chi connectivity index (χ0n) is 13.5. The van der Waals surface area contributed by atoms with Crippen LogP contribution in [0.25, 0.3) is 0 Å². The molecule has 1 heterocycles. The van der Waals surface area contributed by atoms with Crippen LogP contribution in [0.1, 0.15) is 24.9 Å². The number of anilines is 1. The van der Waals surface area contributed by atoms with E-state index in [0.29, 0.717) is 6.54 Å². The van der Waals surface area contributed by atoms with Gasteiger partial charge in [0.05, 0.1) is 6.33 Å². The zero-order chi connectivity index (χ0) is 15.9. The van der Waals surface area contributed by atoms with E-state index in [-0.39, 0.29) is 11.9 Å². The molecule has 1 aromatic heterocycles. The molecule has 0 aliphatic carbocycles. The van der Waals surface area contributed by atoms with E-state index in [9.17, 15) is 4.79 Å². The SMILES string of the molecule is CC(C(=O)NCCCc1ccc(N(C)C)cc1)n1ccnc1. The summed E-state index contributed by atoms with van der Waals surface area (Å²) >= 11 is 0. The maximum atomic E-state index is 12.0. The molecule has 0 saturated heterocycles. The van der Waals surface area contributed by atoms with Crippen molar-refractivity contribution in [2.75, 3.05) is 25.5 Å². The molecule has 2 aromatic rings. The second-order valence-electron chi connectivity index (χ2n) is 5.64. The number of amides is 1. The Bertz CT molecular complexity index is 575. The van der Waals surface area contributed by atoms with E-state index in [1.54, 1.807) is 23.3 Å². The molecule has 0 fully saturated rings. The van der Waals surface area contributed by atoms with Crippen molar-refractivity contribution in [1.29, 1.82) is 0 Å². The molecule has 0 aliphatic heterocycles. The maximum absolute atomic E-state index is 12.0. The van der Waals surface area contributed by atoms with Crippen LogP contribution in [0.3, 0.4) is 0 Å². The van der Waals surface area contributed by atoms with Gasteiger partial charge in [0.25, 0.3) is 0 Å². The number of nitrogens with one attached hydrogen (secondary N) is 1. The van der Waals surface area contributed by atoms with Gasteiger partial charge in [-0.2, -0.15) is 0 Å². The van der Waals surface area contributed by atoms with Gasteiger partial charge in [0.1, 0.15) is 6.04 Å². The Labute approximate surface area is 132 Å². The number of aryl methyl sites for hydroxylation is 1. The van der Waals surface area contributed by atoms with Crippen LogP contribution in [0.2, 0.25) is 0 Å². The lowest BCUT2D eigenvalue weighted by Crippen LogP contribution is -2.31. The van der Waals surface area contributed by atoms with Crippen molar-refractivity contribution in [2.24, 2.45) is 0 Å². The van der Waals surface area contributed by atoms with E-state index in [2.05, 4.69) is 39.5 Å². The fraction of sp³-hybridized carbons (Fsp3) is 0.412. The second kappa shape index (κ2) is 7.64. The average Bonchev–Trinajstić information content (AvgIpc) is 3.05. The van der Waals surface area contributed by atoms with Gasteiger partial charge >= 0.3 is 0 Å². The Morgan fingerprint density at radius 3 is 2.64 bits per heavy atom. The number of hydrogen-bond acceptors (Lipinski definition) is 3. The topological polar surface area (TPSA) is 50.2 Å². The largest absolute Gasteiger partial charge is 0.378 e. The molecular weight excluding hydrogens is 276 g/mol. The van der Waals surface area contributed by atoms with Crippen LogP contribution in [0.4, 0.5) is 5.69 Å². The number of rotatable bonds is 7. The molecule has 1 aromatic carbocycles. The van der Waals surface area contributed by atoms with E-state index in [0.717, 1.165) is 12.8 Å². The van der Waals surface area contributed by atoms with Crippen LogP contribution in [-0.4, -0.2) is 36.1 Å². The molecule has 1 amide bonds. The Morgan fingerprint density at radius 1 is 1.32 bits per heavy atom. The molecule has 2 rings (SSSR count). The third-order valence-corrected chi connectivity index (χ3v) is 3.75. The quantitative estimate of drug-likeness (QED) is 0.798. The van der Waals surface area contributed by atoms with Crippen LogP contribution >= 0.6 is 0 Å². The number of benzene rings is 1. The van der Waals surface area contributed by atoms with Crippen LogP contribution < -0.4 is 10.2 Å². The predicted octanol–water partition coefficient (Wildman–Crippen LogP) is 2.26. The van der Waals surface area contributed by atoms with Gasteiger partial charge in [0, 0.05) is 38.7 Å². The summed E-state index contributed by atoms with van der Waals surface area (Å²) in [5.74, 6) is 0.0287. The van der Waals surface area contributed by atoms with E-state index in [4.69, 9.17) is 0 Å². The summed E-state index contributed by atoms with van der Waals surface area (Å²) in [7, 11) is 4.07. The third kappa shape index (κ3) is 4.35. The monoisotopic (exact) mass is 300 g/mol. The minimum Gasteiger partial charge on any atom is -0.378 e. The summed E-state index contributed by atoms with van der Waals surface area (Å²) < 4.78 is 1.80. The number of nitrogens with zero attached hydrogens (tertiary/aromatic N) is 3. The highest BCUT2D eigenvalue weighted by atomic mass is 16.2. The van der Waals surface area contributed by atoms with Gasteiger partial charge in [-0.15, -0.1) is 0 Å². The first-order valence-electron chi connectivity index (χ1n) is 7.59. The second-order valence-corrected chi connectivity index (χ2v) is 5.64. The summed E-state index contributed by atoms with van der Waals surface area (Å²) in [5, 5.41) is 2.97. The van der Waals surface area contributed by atoms with Crippen LogP contribution in [0, 0.1) is 0 Å². The molecule has 0 aliphatic rings. The highest BCUT2D eigenvalue weighted by Gasteiger charge is 2.12. The third-order valence-electron chi connectivity index (χ3n) is 3.75. The summed E-state index contributed by atoms with van der Waals surface area (Å²) in [6.45, 7) is 2.56. The minimum absolute atomic E-state index is 0.0287. The molecule has 118 valence electrons. The smallest absolute Gasteiger partial charge is 0.242 e. The zero-order valence-corrected chi connectivity index (χ0v) is 13.5. The Balaban J connectivity index is 1.71. The van der Waals surface area contributed by atoms with Crippen molar-refractivity contribution in [3.8, 4) is 0 Å². The first-order chi connectivity index (χ1) is 10.6. The van der Waals surface area contributed by atoms with Crippen molar-refractivity contribution < 1.29 is 4.79 Å². The van der Waals surface area contributed by atoms with Crippen molar-refractivity contribution in [1.82, 2.24) is 14.9 Å². The number of aromatic nitrogens is 2. The number of carbonyl (C=O) groups is 1. The molecule has 5 heteroatoms. The van der Waals surface area contributed by atoms with Gasteiger partial charge in [0.2, 0.25) is 5.91 Å². The van der Waals surface area contributed by atoms with Gasteiger partial charge in [-0.3, -0.25) is 4.79 Å². The van der Waals surface area contributed by atoms with Crippen molar-refractivity contribution in [2.45, 2.75) is 25.8 Å². The van der Waals surface area contributed by atoms with Gasteiger partial charge < -0.3 is 14.8 Å². The van der Waals surface area contributed by atoms with Gasteiger partial charge in [0.15, 0.2) is 0 Å². The number of hydrogen-bond donors (Lipinski definition) is 1. The fourth-order valence-electron chi connectivity index (χ4n) is 2.25. The maximum Gasteiger partial charge on any atom is 0.242 e. The van der Waals surface area contributed by atoms with Crippen LogP contribution in [0.5, 0.6) is 0 Å². The van der Waals surface area contributed by atoms with E-state index in [1.165, 1.54) is 11.3 Å². The van der Waals surface area contributed by atoms with Gasteiger partial charge in [-0.05, 0) is 37.5 Å². The summed E-state index contributed by atoms with van der Waals surface area (Å²) in [6, 6.07) is 8.31. The lowest BCUT2D eigenvalue weighted by molar-refractivity contribution is -0.123. The van der Waals surface area contributed by atoms with Crippen LogP contribution in [-0.2, 0) is 11.2 Å². The Hall–Kier alpha value is -2.30. The fourth-order valence-corrected chi connectivity index (χ4v) is 2.25. The van der Waals surface area contributed by atoms with Crippen LogP contribution in [0.15, 0.2) is 43.0 Å². The average molecular weight is 300 g/mol. The number of carbonyl (C=O) groups excluding carboxylic acids is 1. The Kier molecular flexibility index (Phi) is 5.58. The molecule has 0 bridgehead atoms. The van der Waals surface area contributed by atoms with Gasteiger partial charge in [-0.1, -0.05) is 12.1 Å². The summed E-state index contributed by atoms with van der Waals surface area (Å²) in [5.41, 5.74) is 2.49. The van der Waals surface area contributed by atoms with Crippen molar-refractivity contribution in [3.63, 3.8) is 0 Å². The highest BCUT2D eigenvalue weighted by molar-refractivity contribution is 5.79. The number of imidazole rings is 1. The lowest BCUT2D eigenvalue weighted by atomic mass is 10.1. The standard InChI is InChI=1S/C17H24N4O/c1-14(21-12-11-18-13-21)17(22)19-10-4-5-15-6-8-16(9-7-15)20(2)3/h6-9,11-14H,4-5,10H2,1-3H3,(H,19,22). The van der Waals surface area contributed by atoms with Crippen molar-refractivity contribution >= 4 is 11.6 Å². The molecule has 0 spiro atoms. The minimum atomic E-state index is -0.220. The molecule has 1 N–H and O–H groups in total. The molecule has 1 unspecified atom stereocenters. The predicted molar refractivity (Wildman–Crippen MR) is 89.0 cm³/mol. The first-order valence-corrected chi connectivity index (χ1v) is 7.59. The summed E-state index contributed by atoms with van der Waals surface area (Å²) in [6.07, 6.45) is 7.05. The molecule has 22 heavy (non-hydrogen) atoms. The normalized spacial score (nSPS) is 12.0. The van der Waals surface area contributed by atoms with E-state index >= 15 is 0 Å². The molecule has 0 radical (unpaired) electrons. The Morgan fingerprint density at radius 2 is 2.05 bits per heavy atom. The first kappa shape index (κ1) is 16.1. The molecular formula is C17H24N4O. The molecule has 0 saturated carbocycles. The molecule has 5 nitrogen and oxygen atoms in total. The van der Waals surface area contributed by atoms with Crippen molar-refractivity contribution in [3.05, 3.63) is 48.5 Å². The highest BCUT2D eigenvalue weighted by Crippen LogP contribution is 2.13. The molecule has 1 atom stereocenters. The van der Waals surface area contributed by atoms with E-state index < -0.39 is 0 Å². The van der Waals surface area contributed by atoms with Gasteiger partial charge in [-0.25, -0.2) is 4.98 Å².